The summed E-state index contributed by atoms with van der Waals surface area (Å²) < 4.78 is 5.63. The van der Waals surface area contributed by atoms with Crippen molar-refractivity contribution in [2.24, 2.45) is 0 Å². The molecule has 1 nitrogen and oxygen atoms in total. The number of rotatable bonds is 15. The van der Waals surface area contributed by atoms with Crippen LogP contribution in [-0.4, -0.2) is 16.6 Å². The third kappa shape index (κ3) is 14.4. The molecule has 0 aromatic heterocycles. The maximum absolute atomic E-state index is 5.63. The molecule has 0 rings (SSSR count). The fourth-order valence-electron chi connectivity index (χ4n) is 2.62. The molecule has 0 heterocycles. The Bertz CT molecular complexity index is 145. The third-order valence-corrected chi connectivity index (χ3v) is 4.47. The van der Waals surface area contributed by atoms with Crippen LogP contribution < -0.4 is 0 Å². The Kier molecular flexibility index (Phi) is 16.4. The Labute approximate surface area is 125 Å². The van der Waals surface area contributed by atoms with Gasteiger partial charge < -0.3 is 4.43 Å². The van der Waals surface area contributed by atoms with Gasteiger partial charge in [-0.2, -0.15) is 0 Å². The molecule has 0 unspecified atom stereocenters. The zero-order valence-electron chi connectivity index (χ0n) is 13.6. The molecular formula is C17H37OSi. The van der Waals surface area contributed by atoms with Gasteiger partial charge in [-0.15, -0.1) is 0 Å². The van der Waals surface area contributed by atoms with Crippen LogP contribution in [0.25, 0.3) is 0 Å². The Hall–Kier alpha value is 0.177. The van der Waals surface area contributed by atoms with E-state index < -0.39 is 0 Å². The molecule has 0 aromatic rings. The lowest BCUT2D eigenvalue weighted by molar-refractivity contribution is 0.189. The first kappa shape index (κ1) is 19.2. The predicted molar refractivity (Wildman–Crippen MR) is 89.4 cm³/mol. The molecule has 0 spiro atoms. The number of hydrogen-bond acceptors (Lipinski definition) is 1. The highest BCUT2D eigenvalue weighted by Crippen LogP contribution is 2.15. The largest absolute Gasteiger partial charge is 0.422 e. The van der Waals surface area contributed by atoms with Crippen molar-refractivity contribution in [1.29, 1.82) is 0 Å². The van der Waals surface area contributed by atoms with Gasteiger partial charge in [0, 0.05) is 6.10 Å². The first-order valence-corrected chi connectivity index (χ1v) is 9.33. The van der Waals surface area contributed by atoms with E-state index in [1.54, 1.807) is 10.5 Å². The molecule has 0 aliphatic heterocycles. The first-order chi connectivity index (χ1) is 9.35. The maximum atomic E-state index is 5.63. The van der Waals surface area contributed by atoms with Gasteiger partial charge in [0.2, 0.25) is 0 Å². The molecule has 19 heavy (non-hydrogen) atoms. The minimum atomic E-state index is 0.538. The summed E-state index contributed by atoms with van der Waals surface area (Å²) in [5, 5.41) is 0. The van der Waals surface area contributed by atoms with Gasteiger partial charge in [-0.05, 0) is 12.8 Å². The van der Waals surface area contributed by atoms with E-state index in [9.17, 15) is 0 Å². The van der Waals surface area contributed by atoms with Crippen molar-refractivity contribution in [3.8, 4) is 0 Å². The van der Waals surface area contributed by atoms with Crippen LogP contribution in [-0.2, 0) is 4.43 Å². The highest BCUT2D eigenvalue weighted by Gasteiger charge is 2.06. The van der Waals surface area contributed by atoms with Crippen LogP contribution >= 0.6 is 0 Å². The standard InChI is InChI=1S/C17H37OSi/c1-3-5-7-9-11-13-15-17(18-19)16-14-12-10-8-6-4-2/h17H,3-16,19H2,1-2H3. The van der Waals surface area contributed by atoms with E-state index in [2.05, 4.69) is 13.8 Å². The van der Waals surface area contributed by atoms with Crippen molar-refractivity contribution in [2.45, 2.75) is 110 Å². The molecule has 0 fully saturated rings. The van der Waals surface area contributed by atoms with Gasteiger partial charge in [0.15, 0.2) is 10.5 Å². The van der Waals surface area contributed by atoms with Crippen molar-refractivity contribution in [2.75, 3.05) is 0 Å². The topological polar surface area (TPSA) is 9.23 Å². The normalized spacial score (nSPS) is 11.4. The van der Waals surface area contributed by atoms with E-state index in [1.165, 1.54) is 89.9 Å². The van der Waals surface area contributed by atoms with Crippen LogP contribution in [0.4, 0.5) is 0 Å². The number of unbranched alkanes of at least 4 members (excludes halogenated alkanes) is 10. The first-order valence-electron chi connectivity index (χ1n) is 8.76. The zero-order valence-corrected chi connectivity index (χ0v) is 15.0. The van der Waals surface area contributed by atoms with E-state index in [1.807, 2.05) is 0 Å². The van der Waals surface area contributed by atoms with Gasteiger partial charge in [-0.1, -0.05) is 90.9 Å². The van der Waals surface area contributed by atoms with Gasteiger partial charge >= 0.3 is 0 Å². The van der Waals surface area contributed by atoms with E-state index in [4.69, 9.17) is 4.43 Å². The lowest BCUT2D eigenvalue weighted by atomic mass is 10.0. The fourth-order valence-corrected chi connectivity index (χ4v) is 2.95. The highest BCUT2D eigenvalue weighted by molar-refractivity contribution is 5.98. The van der Waals surface area contributed by atoms with Crippen molar-refractivity contribution >= 4 is 10.5 Å². The van der Waals surface area contributed by atoms with E-state index in [0.717, 1.165) is 0 Å². The smallest absolute Gasteiger partial charge is 0.175 e. The van der Waals surface area contributed by atoms with E-state index in [0.29, 0.717) is 6.10 Å². The Morgan fingerprint density at radius 3 is 1.37 bits per heavy atom. The van der Waals surface area contributed by atoms with Gasteiger partial charge in [0.05, 0.1) is 0 Å². The van der Waals surface area contributed by atoms with Crippen LogP contribution in [0.2, 0.25) is 0 Å². The molecule has 0 amide bonds. The third-order valence-electron chi connectivity index (χ3n) is 4.00. The van der Waals surface area contributed by atoms with Gasteiger partial charge in [0.25, 0.3) is 0 Å². The second kappa shape index (κ2) is 16.2. The second-order valence-corrected chi connectivity index (χ2v) is 6.23. The summed E-state index contributed by atoms with van der Waals surface area (Å²) in [4.78, 5) is 0. The summed E-state index contributed by atoms with van der Waals surface area (Å²) in [6.07, 6.45) is 19.8. The Balaban J connectivity index is 3.30. The Morgan fingerprint density at radius 2 is 1.00 bits per heavy atom. The zero-order chi connectivity index (χ0) is 14.2. The minimum Gasteiger partial charge on any atom is -0.422 e. The van der Waals surface area contributed by atoms with Crippen molar-refractivity contribution in [3.05, 3.63) is 0 Å². The molecule has 0 aliphatic rings. The Morgan fingerprint density at radius 1 is 0.632 bits per heavy atom. The monoisotopic (exact) mass is 285 g/mol. The van der Waals surface area contributed by atoms with Crippen LogP contribution in [0.3, 0.4) is 0 Å². The highest BCUT2D eigenvalue weighted by atomic mass is 28.2. The van der Waals surface area contributed by atoms with Crippen molar-refractivity contribution in [3.63, 3.8) is 0 Å². The molecular weight excluding hydrogens is 248 g/mol. The summed E-state index contributed by atoms with van der Waals surface area (Å²) in [6, 6.07) is 0. The predicted octanol–water partition coefficient (Wildman–Crippen LogP) is 5.42. The summed E-state index contributed by atoms with van der Waals surface area (Å²) in [6.45, 7) is 4.56. The molecule has 1 radical (unpaired) electrons. The molecule has 0 saturated carbocycles. The fraction of sp³-hybridized carbons (Fsp3) is 1.00. The molecule has 0 bridgehead atoms. The van der Waals surface area contributed by atoms with Gasteiger partial charge in [-0.25, -0.2) is 0 Å². The van der Waals surface area contributed by atoms with Crippen molar-refractivity contribution < 1.29 is 4.43 Å². The summed E-state index contributed by atoms with van der Waals surface area (Å²) >= 11 is 0. The van der Waals surface area contributed by atoms with E-state index in [-0.39, 0.29) is 0 Å². The summed E-state index contributed by atoms with van der Waals surface area (Å²) in [5.41, 5.74) is 0. The molecule has 115 valence electrons. The summed E-state index contributed by atoms with van der Waals surface area (Å²) in [5.74, 6) is 0. The SMILES string of the molecule is CCCCCCCCC(CCCCCCCC)O[SiH2]. The van der Waals surface area contributed by atoms with Gasteiger partial charge in [-0.3, -0.25) is 0 Å². The van der Waals surface area contributed by atoms with Crippen LogP contribution in [0.15, 0.2) is 0 Å². The molecule has 2 heteroatoms. The average molecular weight is 286 g/mol. The molecule has 0 aliphatic carbocycles. The molecule has 0 atom stereocenters. The lowest BCUT2D eigenvalue weighted by Gasteiger charge is -2.15. The molecule has 0 aromatic carbocycles. The van der Waals surface area contributed by atoms with Crippen molar-refractivity contribution in [1.82, 2.24) is 0 Å². The summed E-state index contributed by atoms with van der Waals surface area (Å²) in [7, 11) is 1.69. The molecule has 0 saturated heterocycles. The van der Waals surface area contributed by atoms with Crippen LogP contribution in [0.5, 0.6) is 0 Å². The molecule has 0 N–H and O–H groups in total. The average Bonchev–Trinajstić information content (AvgIpc) is 2.44. The minimum absolute atomic E-state index is 0.538. The quantitative estimate of drug-likeness (QED) is 0.288. The number of hydrogen-bond donors (Lipinski definition) is 0. The van der Waals surface area contributed by atoms with Crippen LogP contribution in [0.1, 0.15) is 104 Å². The van der Waals surface area contributed by atoms with Gasteiger partial charge in [0.1, 0.15) is 0 Å². The second-order valence-electron chi connectivity index (χ2n) is 5.90. The van der Waals surface area contributed by atoms with Crippen LogP contribution in [0, 0.1) is 0 Å². The maximum Gasteiger partial charge on any atom is 0.175 e. The lowest BCUT2D eigenvalue weighted by Crippen LogP contribution is -2.11. The van der Waals surface area contributed by atoms with E-state index >= 15 is 0 Å².